The molecule has 1 fully saturated rings. The number of likely N-dealkylation sites (N-methyl/N-ethyl adjacent to an activating group) is 1. The number of aliphatic carboxylic acids is 1. The molecule has 126 valence electrons. The number of carboxylic acids is 1. The van der Waals surface area contributed by atoms with E-state index < -0.39 is 5.97 Å². The van der Waals surface area contributed by atoms with E-state index in [1.165, 1.54) is 6.07 Å². The molecule has 0 saturated carbocycles. The van der Waals surface area contributed by atoms with Crippen molar-refractivity contribution < 1.29 is 14.8 Å². The van der Waals surface area contributed by atoms with Gasteiger partial charge in [0.05, 0.1) is 11.5 Å². The lowest BCUT2D eigenvalue weighted by Crippen LogP contribution is -2.36. The fourth-order valence-corrected chi connectivity index (χ4v) is 3.36. The minimum atomic E-state index is -0.836. The lowest BCUT2D eigenvalue weighted by Gasteiger charge is -2.26. The predicted octanol–water partition coefficient (Wildman–Crippen LogP) is 2.73. The van der Waals surface area contributed by atoms with Gasteiger partial charge in [-0.3, -0.25) is 19.8 Å². The third-order valence-corrected chi connectivity index (χ3v) is 4.67. The molecule has 0 aromatic heterocycles. The summed E-state index contributed by atoms with van der Waals surface area (Å²) in [5.74, 6) is -0.836. The number of nitro groups is 1. The molecule has 1 aliphatic rings. The Balaban J connectivity index is 2.12. The van der Waals surface area contributed by atoms with E-state index in [0.717, 1.165) is 25.8 Å². The van der Waals surface area contributed by atoms with Gasteiger partial charge in [-0.2, -0.15) is 0 Å². The van der Waals surface area contributed by atoms with Crippen molar-refractivity contribution in [2.45, 2.75) is 25.3 Å². The minimum absolute atomic E-state index is 0.0170. The van der Waals surface area contributed by atoms with Gasteiger partial charge in [-0.1, -0.05) is 15.9 Å². The number of carbonyl (C=O) groups is 1. The van der Waals surface area contributed by atoms with Crippen molar-refractivity contribution in [3.8, 4) is 0 Å². The first kappa shape index (κ1) is 17.7. The maximum Gasteiger partial charge on any atom is 0.317 e. The Morgan fingerprint density at radius 2 is 2.22 bits per heavy atom. The van der Waals surface area contributed by atoms with Gasteiger partial charge in [0.2, 0.25) is 0 Å². The number of carboxylic acid groups (broad SMARTS) is 1. The molecule has 1 N–H and O–H groups in total. The van der Waals surface area contributed by atoms with Gasteiger partial charge in [0.15, 0.2) is 0 Å². The molecule has 1 aromatic rings. The molecule has 1 heterocycles. The minimum Gasteiger partial charge on any atom is -0.480 e. The lowest BCUT2D eigenvalue weighted by atomic mass is 10.1. The summed E-state index contributed by atoms with van der Waals surface area (Å²) in [6.07, 6.45) is 2.56. The molecule has 1 atom stereocenters. The topological polar surface area (TPSA) is 86.9 Å². The van der Waals surface area contributed by atoms with Gasteiger partial charge < -0.3 is 10.0 Å². The number of hydrogen-bond donors (Lipinski definition) is 1. The first-order valence-corrected chi connectivity index (χ1v) is 8.28. The molecule has 0 bridgehead atoms. The van der Waals surface area contributed by atoms with E-state index >= 15 is 0 Å². The van der Waals surface area contributed by atoms with Crippen molar-refractivity contribution in [3.63, 3.8) is 0 Å². The molecule has 0 aliphatic carbocycles. The number of halogens is 1. The standard InChI is InChI=1S/C15H20BrN3O4/c1-17(10-15(20)21)12-3-2-7-18(8-6-12)13-5-4-11(16)9-14(13)19(22)23/h4-5,9,12H,2-3,6-8,10H2,1H3,(H,20,21). The van der Waals surface area contributed by atoms with Crippen LogP contribution in [0.15, 0.2) is 22.7 Å². The molecule has 2 rings (SSSR count). The lowest BCUT2D eigenvalue weighted by molar-refractivity contribution is -0.384. The molecule has 0 spiro atoms. The second-order valence-electron chi connectivity index (χ2n) is 5.77. The molecule has 1 aromatic carbocycles. The van der Waals surface area contributed by atoms with Gasteiger partial charge >= 0.3 is 5.97 Å². The fraction of sp³-hybridized carbons (Fsp3) is 0.533. The Bertz CT molecular complexity index is 596. The second kappa shape index (κ2) is 7.74. The van der Waals surface area contributed by atoms with Crippen molar-refractivity contribution in [2.75, 3.05) is 31.6 Å². The van der Waals surface area contributed by atoms with E-state index in [0.29, 0.717) is 16.7 Å². The van der Waals surface area contributed by atoms with Gasteiger partial charge in [-0.15, -0.1) is 0 Å². The zero-order valence-electron chi connectivity index (χ0n) is 12.9. The fourth-order valence-electron chi connectivity index (χ4n) is 3.01. The summed E-state index contributed by atoms with van der Waals surface area (Å²) in [4.78, 5) is 25.6. The highest BCUT2D eigenvalue weighted by atomic mass is 79.9. The summed E-state index contributed by atoms with van der Waals surface area (Å²) in [5, 5.41) is 20.2. The molecule has 0 amide bonds. The van der Waals surface area contributed by atoms with Crippen LogP contribution < -0.4 is 4.90 Å². The maximum atomic E-state index is 11.3. The largest absolute Gasteiger partial charge is 0.480 e. The molecule has 23 heavy (non-hydrogen) atoms. The summed E-state index contributed by atoms with van der Waals surface area (Å²) in [5.41, 5.74) is 0.719. The van der Waals surface area contributed by atoms with Crippen LogP contribution in [0.5, 0.6) is 0 Å². The molecule has 0 radical (unpaired) electrons. The van der Waals surface area contributed by atoms with Crippen molar-refractivity contribution in [2.24, 2.45) is 0 Å². The van der Waals surface area contributed by atoms with Crippen LogP contribution >= 0.6 is 15.9 Å². The molecular formula is C15H20BrN3O4. The smallest absolute Gasteiger partial charge is 0.317 e. The third-order valence-electron chi connectivity index (χ3n) is 4.18. The Kier molecular flexibility index (Phi) is 5.95. The predicted molar refractivity (Wildman–Crippen MR) is 90.9 cm³/mol. The van der Waals surface area contributed by atoms with Crippen LogP contribution in [0.25, 0.3) is 0 Å². The van der Waals surface area contributed by atoms with Crippen LogP contribution in [-0.2, 0) is 4.79 Å². The molecular weight excluding hydrogens is 366 g/mol. The van der Waals surface area contributed by atoms with Crippen molar-refractivity contribution in [1.82, 2.24) is 4.90 Å². The van der Waals surface area contributed by atoms with Gasteiger partial charge in [0.1, 0.15) is 5.69 Å². The van der Waals surface area contributed by atoms with Crippen LogP contribution in [0.3, 0.4) is 0 Å². The normalized spacial score (nSPS) is 18.7. The van der Waals surface area contributed by atoms with Crippen molar-refractivity contribution >= 4 is 33.3 Å². The SMILES string of the molecule is CN(CC(=O)O)C1CCCN(c2ccc(Br)cc2[N+](=O)[O-])CC1. The monoisotopic (exact) mass is 385 g/mol. The number of benzene rings is 1. The Morgan fingerprint density at radius 1 is 1.48 bits per heavy atom. The van der Waals surface area contributed by atoms with E-state index in [2.05, 4.69) is 15.9 Å². The summed E-state index contributed by atoms with van der Waals surface area (Å²) in [6, 6.07) is 5.28. The van der Waals surface area contributed by atoms with Crippen LogP contribution in [0.4, 0.5) is 11.4 Å². The second-order valence-corrected chi connectivity index (χ2v) is 6.69. The molecule has 8 heteroatoms. The van der Waals surface area contributed by atoms with Crippen molar-refractivity contribution in [1.29, 1.82) is 0 Å². The summed E-state index contributed by atoms with van der Waals surface area (Å²) >= 11 is 3.27. The number of nitrogens with zero attached hydrogens (tertiary/aromatic N) is 3. The first-order valence-electron chi connectivity index (χ1n) is 7.49. The van der Waals surface area contributed by atoms with Crippen LogP contribution in [0.1, 0.15) is 19.3 Å². The highest BCUT2D eigenvalue weighted by molar-refractivity contribution is 9.10. The number of anilines is 1. The average Bonchev–Trinajstić information content (AvgIpc) is 2.72. The number of hydrogen-bond acceptors (Lipinski definition) is 5. The van der Waals surface area contributed by atoms with Crippen molar-refractivity contribution in [3.05, 3.63) is 32.8 Å². The van der Waals surface area contributed by atoms with Gasteiger partial charge in [0, 0.05) is 29.7 Å². The van der Waals surface area contributed by atoms with E-state index in [9.17, 15) is 14.9 Å². The third kappa shape index (κ3) is 4.65. The van der Waals surface area contributed by atoms with Gasteiger partial charge in [-0.25, -0.2) is 0 Å². The first-order chi connectivity index (χ1) is 10.9. The van der Waals surface area contributed by atoms with E-state index in [1.807, 2.05) is 16.8 Å². The number of nitro benzene ring substituents is 1. The Hall–Kier alpha value is -1.67. The quantitative estimate of drug-likeness (QED) is 0.619. The molecule has 1 aliphatic heterocycles. The Morgan fingerprint density at radius 3 is 2.87 bits per heavy atom. The number of rotatable bonds is 5. The van der Waals surface area contributed by atoms with E-state index in [-0.39, 0.29) is 23.2 Å². The Labute approximate surface area is 143 Å². The van der Waals surface area contributed by atoms with Crippen LogP contribution in [-0.4, -0.2) is 53.6 Å². The zero-order valence-corrected chi connectivity index (χ0v) is 14.5. The van der Waals surface area contributed by atoms with Crippen LogP contribution in [0.2, 0.25) is 0 Å². The summed E-state index contributed by atoms with van der Waals surface area (Å²) in [7, 11) is 1.82. The van der Waals surface area contributed by atoms with Gasteiger partial charge in [-0.05, 0) is 38.4 Å². The van der Waals surface area contributed by atoms with E-state index in [1.54, 1.807) is 12.1 Å². The van der Waals surface area contributed by atoms with Gasteiger partial charge in [0.25, 0.3) is 5.69 Å². The van der Waals surface area contributed by atoms with E-state index in [4.69, 9.17) is 5.11 Å². The average molecular weight is 386 g/mol. The molecule has 1 unspecified atom stereocenters. The molecule has 7 nitrogen and oxygen atoms in total. The zero-order chi connectivity index (χ0) is 17.0. The van der Waals surface area contributed by atoms with Crippen LogP contribution in [0, 0.1) is 10.1 Å². The highest BCUT2D eigenvalue weighted by Gasteiger charge is 2.25. The summed E-state index contributed by atoms with van der Waals surface area (Å²) < 4.78 is 0.682. The highest BCUT2D eigenvalue weighted by Crippen LogP contribution is 2.32. The maximum absolute atomic E-state index is 11.3. The summed E-state index contributed by atoms with van der Waals surface area (Å²) in [6.45, 7) is 1.43. The molecule has 1 saturated heterocycles.